The molecule has 0 aromatic rings. The molecule has 0 aromatic carbocycles. The van der Waals surface area contributed by atoms with E-state index in [4.69, 9.17) is 9.47 Å². The molecule has 1 heterocycles. The van der Waals surface area contributed by atoms with Gasteiger partial charge < -0.3 is 72.4 Å². The predicted octanol–water partition coefficient (Wildman–Crippen LogP) is -36.7. The maximum atomic E-state index is 11.8. The van der Waals surface area contributed by atoms with Crippen LogP contribution in [0.5, 0.6) is 0 Å². The van der Waals surface area contributed by atoms with Gasteiger partial charge in [0, 0.05) is 0 Å². The third kappa shape index (κ3) is 56.6. The van der Waals surface area contributed by atoms with Crippen molar-refractivity contribution in [2.75, 3.05) is 19.8 Å². The summed E-state index contributed by atoms with van der Waals surface area (Å²) in [5.74, 6) is 0. The summed E-state index contributed by atoms with van der Waals surface area (Å²) >= 11 is -15.8. The van der Waals surface area contributed by atoms with E-state index >= 15 is 0 Å². The Labute approximate surface area is 780 Å². The second-order valence-electron chi connectivity index (χ2n) is 8.87. The standard InChI is InChI=1S/C12H24O34S9.9K.4H2O/c13-47(14)36-1-4-8(42-49(17)18)10(43-50(19)20)11(46-55(33,34)35)12(39-4)40-7(6(44-53(27,28)29)3-38-52(24,25)26)9(45-54(30,31)32)5(41-48(15)16)2-37-51(21,22)23;;;;;;;;;;;;;/h4-12H,1-3H2,(H,13,14)(H,15,16)(H,17,18)(H,19,20)(H,21,22,23)(H,24,25,26)(H,27,28,29)(H,30,31,32)(H,33,34,35);;;;;;;;;;4*1H2/q;9*+1;;;;/p-13/t4-,5+,6-,7-,8+,9-,10+,11-,12+;;;;;;;;;;;;;/m1............./s1. The SMILES string of the molecule is O=S([O-])OC[C@H]1O[C@@H](O[C@@H]([C@H](OS(=O)(=O)[O-])[C@H](COS(=O)(=O)[O-])OS(=O)[O-])[C@@H](COS(=O)(=O)[O-])OS(=O)(=O)[O-])[C@H](OS(=O)(=O)[O-])[C@@H](OS(=O)[O-])[C@H]1OS(=O)[O-].[K+].[K+].[K+].[K+].[K+].[K+].[K+].[K+].[K+].[OH-].[OH-].[OH-].[OH-]. The van der Waals surface area contributed by atoms with Gasteiger partial charge in [0.2, 0.25) is 52.0 Å². The molecule has 0 aliphatic carbocycles. The average molecular weight is 1410 g/mol. The molecule has 0 saturated carbocycles. The normalized spacial score (nSPS) is 21.3. The van der Waals surface area contributed by atoms with Gasteiger partial charge in [-0.15, -0.1) is 0 Å². The van der Waals surface area contributed by atoms with E-state index in [1.807, 2.05) is 0 Å². The van der Waals surface area contributed by atoms with Gasteiger partial charge in [-0.2, -0.15) is 0 Å². The van der Waals surface area contributed by atoms with E-state index in [9.17, 15) is 99.9 Å². The molecule has 38 nitrogen and oxygen atoms in total. The molecule has 1 rings (SSSR count). The Morgan fingerprint density at radius 2 is 0.853 bits per heavy atom. The summed E-state index contributed by atoms with van der Waals surface area (Å²) < 4.78 is 309. The zero-order valence-corrected chi connectivity index (χ0v) is 71.1. The van der Waals surface area contributed by atoms with Gasteiger partial charge >= 0.3 is 462 Å². The summed E-state index contributed by atoms with van der Waals surface area (Å²) in [5.41, 5.74) is 0. The van der Waals surface area contributed by atoms with Crippen molar-refractivity contribution in [3.05, 3.63) is 0 Å². The molecule has 0 spiro atoms. The van der Waals surface area contributed by atoms with Crippen LogP contribution < -0.4 is 462 Å². The smallest absolute Gasteiger partial charge is 0.870 e. The molecule has 1 fully saturated rings. The third-order valence-corrected chi connectivity index (χ3v) is 9.04. The molecule has 0 radical (unpaired) electrons. The monoisotopic (exact) mass is 1410 g/mol. The molecule has 56 heteroatoms. The fraction of sp³-hybridized carbons (Fsp3) is 1.00. The first-order chi connectivity index (χ1) is 24.7. The number of ether oxygens (including phenoxy) is 2. The molecule has 1 aliphatic rings. The van der Waals surface area contributed by atoms with Crippen molar-refractivity contribution in [1.29, 1.82) is 0 Å². The predicted molar refractivity (Wildman–Crippen MR) is 153 cm³/mol. The molecule has 68 heavy (non-hydrogen) atoms. The molecule has 1 aliphatic heterocycles. The van der Waals surface area contributed by atoms with Gasteiger partial charge in [0.05, 0.1) is 65.3 Å². The van der Waals surface area contributed by atoms with Crippen LogP contribution in [-0.4, -0.2) is 197 Å². The van der Waals surface area contributed by atoms with Crippen molar-refractivity contribution >= 4 is 97.4 Å². The third-order valence-electron chi connectivity index (χ3n) is 5.30. The maximum absolute atomic E-state index is 11.8. The van der Waals surface area contributed by atoms with E-state index in [0.29, 0.717) is 0 Å². The number of hydrogen-bond acceptors (Lipinski definition) is 38. The summed E-state index contributed by atoms with van der Waals surface area (Å²) in [6.07, 6.45) is -29.4. The van der Waals surface area contributed by atoms with Gasteiger partial charge in [-0.3, -0.25) is 37.6 Å². The Hall–Kier alpha value is 14.1. The van der Waals surface area contributed by atoms with Crippen LogP contribution in [0.1, 0.15) is 0 Å². The first-order valence-corrected chi connectivity index (χ1v) is 22.8. The zero-order valence-electron chi connectivity index (χ0n) is 35.7. The van der Waals surface area contributed by atoms with Crippen molar-refractivity contribution < 1.29 is 631 Å². The maximum Gasteiger partial charge on any atom is 1.00 e. The molecule has 362 valence electrons. The van der Waals surface area contributed by atoms with Crippen LogP contribution in [0.3, 0.4) is 0 Å². The average Bonchev–Trinajstić information content (AvgIpc) is 2.93. The van der Waals surface area contributed by atoms with E-state index in [-0.39, 0.29) is 484 Å². The van der Waals surface area contributed by atoms with Crippen LogP contribution in [0, 0.1) is 0 Å². The molecule has 13 atom stereocenters. The van der Waals surface area contributed by atoms with Crippen molar-refractivity contribution in [3.8, 4) is 0 Å². The Kier molecular flexibility index (Phi) is 91.8. The number of hydrogen-bond donors (Lipinski definition) is 0. The second-order valence-corrected chi connectivity index (χ2v) is 16.4. The van der Waals surface area contributed by atoms with Crippen molar-refractivity contribution in [2.24, 2.45) is 0 Å². The fourth-order valence-electron chi connectivity index (χ4n) is 3.79. The van der Waals surface area contributed by atoms with E-state index in [1.165, 1.54) is 0 Å². The minimum Gasteiger partial charge on any atom is -0.870 e. The molecular formula is C12H19K9O38S9-4. The molecular weight excluding hydrogens is 1390 g/mol. The van der Waals surface area contributed by atoms with Crippen LogP contribution >= 0.6 is 0 Å². The number of rotatable bonds is 26. The van der Waals surface area contributed by atoms with E-state index in [1.54, 1.807) is 0 Å². The fourth-order valence-corrected chi connectivity index (χ4v) is 7.27. The van der Waals surface area contributed by atoms with Gasteiger partial charge in [0.1, 0.15) is 42.7 Å². The van der Waals surface area contributed by atoms with Crippen LogP contribution in [0.15, 0.2) is 0 Å². The van der Waals surface area contributed by atoms with E-state index < -0.39 is 172 Å². The molecule has 0 bridgehead atoms. The van der Waals surface area contributed by atoms with Crippen LogP contribution in [0.2, 0.25) is 0 Å². The Morgan fingerprint density at radius 3 is 1.18 bits per heavy atom. The Morgan fingerprint density at radius 1 is 0.471 bits per heavy atom. The van der Waals surface area contributed by atoms with Gasteiger partial charge in [0.25, 0.3) is 0 Å². The minimum atomic E-state index is -6.58. The van der Waals surface area contributed by atoms with Gasteiger partial charge in [-0.1, -0.05) is 0 Å². The topological polar surface area (TPSA) is 668 Å². The zero-order chi connectivity index (χ0) is 42.9. The van der Waals surface area contributed by atoms with Crippen molar-refractivity contribution in [3.63, 3.8) is 0 Å². The minimum absolute atomic E-state index is 0. The Bertz CT molecular complexity index is 1960. The van der Waals surface area contributed by atoms with E-state index in [2.05, 4.69) is 37.6 Å². The summed E-state index contributed by atoms with van der Waals surface area (Å²) in [7, 11) is -31.7. The molecule has 4 N–H and O–H groups in total. The summed E-state index contributed by atoms with van der Waals surface area (Å²) in [4.78, 5) is 0. The van der Waals surface area contributed by atoms with E-state index in [0.717, 1.165) is 0 Å². The van der Waals surface area contributed by atoms with Gasteiger partial charge in [-0.25, -0.2) is 58.9 Å². The van der Waals surface area contributed by atoms with Crippen LogP contribution in [-0.2, 0) is 145 Å². The summed E-state index contributed by atoms with van der Waals surface area (Å²) in [5, 5.41) is 0. The van der Waals surface area contributed by atoms with Crippen molar-refractivity contribution in [1.82, 2.24) is 0 Å². The van der Waals surface area contributed by atoms with Crippen LogP contribution in [0.25, 0.3) is 0 Å². The second kappa shape index (κ2) is 55.2. The largest absolute Gasteiger partial charge is 1.00 e. The quantitative estimate of drug-likeness (QED) is 0.0336. The molecule has 0 amide bonds. The van der Waals surface area contributed by atoms with Gasteiger partial charge in [0.15, 0.2) is 12.4 Å². The summed E-state index contributed by atoms with van der Waals surface area (Å²) in [6.45, 7) is -6.23. The first-order valence-electron chi connectivity index (χ1n) is 12.1. The first kappa shape index (κ1) is 113. The van der Waals surface area contributed by atoms with Gasteiger partial charge in [-0.05, 0) is 0 Å². The van der Waals surface area contributed by atoms with Crippen molar-refractivity contribution in [2.45, 2.75) is 55.1 Å². The van der Waals surface area contributed by atoms with Crippen LogP contribution in [0.4, 0.5) is 0 Å². The molecule has 1 saturated heterocycles. The molecule has 4 unspecified atom stereocenters. The summed E-state index contributed by atoms with van der Waals surface area (Å²) in [6, 6.07) is 0. The Balaban J connectivity index is -0.000000212. The molecule has 0 aromatic heterocycles.